The summed E-state index contributed by atoms with van der Waals surface area (Å²) < 4.78 is 7.29. The standard InChI is InChI=1S/C14H11N3O/c1-9-11(6-7-18-9)14-16-13-10(8-15)4-3-5-12(13)17(14)2/h3-7H,1-2H3. The molecular weight excluding hydrogens is 226 g/mol. The summed E-state index contributed by atoms with van der Waals surface area (Å²) in [6.45, 7) is 1.90. The van der Waals surface area contributed by atoms with Gasteiger partial charge in [-0.25, -0.2) is 4.98 Å². The lowest BCUT2D eigenvalue weighted by molar-refractivity contribution is 0.535. The third-order valence-corrected chi connectivity index (χ3v) is 3.13. The number of aryl methyl sites for hydroxylation is 2. The number of para-hydroxylation sites is 1. The molecule has 0 aliphatic heterocycles. The smallest absolute Gasteiger partial charge is 0.144 e. The zero-order chi connectivity index (χ0) is 12.7. The quantitative estimate of drug-likeness (QED) is 0.653. The van der Waals surface area contributed by atoms with Gasteiger partial charge in [-0.1, -0.05) is 6.07 Å². The molecule has 0 radical (unpaired) electrons. The summed E-state index contributed by atoms with van der Waals surface area (Å²) in [5.41, 5.74) is 3.23. The second kappa shape index (κ2) is 3.74. The van der Waals surface area contributed by atoms with Crippen LogP contribution >= 0.6 is 0 Å². The molecule has 0 aliphatic carbocycles. The predicted molar refractivity (Wildman–Crippen MR) is 67.9 cm³/mol. The summed E-state index contributed by atoms with van der Waals surface area (Å²) in [7, 11) is 1.94. The number of aromatic nitrogens is 2. The molecule has 2 heterocycles. The van der Waals surface area contributed by atoms with E-state index in [2.05, 4.69) is 11.1 Å². The van der Waals surface area contributed by atoms with E-state index in [1.54, 1.807) is 12.3 Å². The van der Waals surface area contributed by atoms with Crippen LogP contribution in [0.3, 0.4) is 0 Å². The van der Waals surface area contributed by atoms with Crippen molar-refractivity contribution in [3.63, 3.8) is 0 Å². The molecule has 18 heavy (non-hydrogen) atoms. The largest absolute Gasteiger partial charge is 0.469 e. The molecule has 4 heteroatoms. The van der Waals surface area contributed by atoms with E-state index in [-0.39, 0.29) is 0 Å². The number of hydrogen-bond donors (Lipinski definition) is 0. The van der Waals surface area contributed by atoms with Gasteiger partial charge in [0.1, 0.15) is 23.2 Å². The highest BCUT2D eigenvalue weighted by atomic mass is 16.3. The summed E-state index contributed by atoms with van der Waals surface area (Å²) in [4.78, 5) is 4.57. The van der Waals surface area contributed by atoms with Crippen LogP contribution in [0.15, 0.2) is 34.9 Å². The van der Waals surface area contributed by atoms with Crippen LogP contribution in [0.25, 0.3) is 22.4 Å². The SMILES string of the molecule is Cc1occc1-c1nc2c(C#N)cccc2n1C. The Kier molecular flexibility index (Phi) is 2.20. The number of rotatable bonds is 1. The summed E-state index contributed by atoms with van der Waals surface area (Å²) in [5.74, 6) is 1.64. The van der Waals surface area contributed by atoms with Gasteiger partial charge in [-0.15, -0.1) is 0 Å². The van der Waals surface area contributed by atoms with Gasteiger partial charge in [-0.05, 0) is 25.1 Å². The van der Waals surface area contributed by atoms with Gasteiger partial charge in [0.05, 0.1) is 22.9 Å². The van der Waals surface area contributed by atoms with Crippen LogP contribution in [-0.2, 0) is 7.05 Å². The van der Waals surface area contributed by atoms with Crippen LogP contribution in [0.2, 0.25) is 0 Å². The van der Waals surface area contributed by atoms with Crippen LogP contribution < -0.4 is 0 Å². The first-order valence-electron chi connectivity index (χ1n) is 5.62. The van der Waals surface area contributed by atoms with E-state index in [0.29, 0.717) is 5.56 Å². The monoisotopic (exact) mass is 237 g/mol. The van der Waals surface area contributed by atoms with Gasteiger partial charge >= 0.3 is 0 Å². The van der Waals surface area contributed by atoms with Crippen molar-refractivity contribution in [2.24, 2.45) is 7.05 Å². The Morgan fingerprint density at radius 1 is 1.33 bits per heavy atom. The molecule has 0 spiro atoms. The molecule has 88 valence electrons. The average molecular weight is 237 g/mol. The topological polar surface area (TPSA) is 54.8 Å². The lowest BCUT2D eigenvalue weighted by Gasteiger charge is -2.00. The van der Waals surface area contributed by atoms with Crippen LogP contribution in [0.1, 0.15) is 11.3 Å². The number of hydrogen-bond acceptors (Lipinski definition) is 3. The molecule has 3 aromatic rings. The molecule has 0 atom stereocenters. The minimum atomic E-state index is 0.593. The van der Waals surface area contributed by atoms with Crippen LogP contribution in [0.5, 0.6) is 0 Å². The van der Waals surface area contributed by atoms with Crippen molar-refractivity contribution < 1.29 is 4.42 Å². The molecule has 0 saturated carbocycles. The molecule has 4 nitrogen and oxygen atoms in total. The van der Waals surface area contributed by atoms with Crippen LogP contribution in [0, 0.1) is 18.3 Å². The van der Waals surface area contributed by atoms with Crippen LogP contribution in [0.4, 0.5) is 0 Å². The van der Waals surface area contributed by atoms with Gasteiger partial charge < -0.3 is 8.98 Å². The van der Waals surface area contributed by atoms with Crippen molar-refractivity contribution in [1.82, 2.24) is 9.55 Å². The third kappa shape index (κ3) is 1.34. The number of fused-ring (bicyclic) bond motifs is 1. The maximum Gasteiger partial charge on any atom is 0.144 e. The maximum absolute atomic E-state index is 9.10. The van der Waals surface area contributed by atoms with Gasteiger partial charge in [0.25, 0.3) is 0 Å². The predicted octanol–water partition coefficient (Wildman–Crippen LogP) is 3.01. The summed E-state index contributed by atoms with van der Waals surface area (Å²) in [6.07, 6.45) is 1.65. The lowest BCUT2D eigenvalue weighted by Crippen LogP contribution is -1.92. The Morgan fingerprint density at radius 2 is 2.17 bits per heavy atom. The Labute approximate surface area is 104 Å². The van der Waals surface area contributed by atoms with Gasteiger partial charge in [0.2, 0.25) is 0 Å². The summed E-state index contributed by atoms with van der Waals surface area (Å²) in [5, 5.41) is 9.10. The second-order valence-corrected chi connectivity index (χ2v) is 4.17. The van der Waals surface area contributed by atoms with Gasteiger partial charge in [0, 0.05) is 7.05 Å². The summed E-state index contributed by atoms with van der Waals surface area (Å²) >= 11 is 0. The molecule has 0 saturated heterocycles. The molecule has 0 unspecified atom stereocenters. The molecule has 0 aliphatic rings. The zero-order valence-electron chi connectivity index (χ0n) is 10.1. The van der Waals surface area contributed by atoms with E-state index in [4.69, 9.17) is 9.68 Å². The molecule has 3 rings (SSSR count). The highest BCUT2D eigenvalue weighted by molar-refractivity contribution is 5.85. The number of imidazole rings is 1. The first kappa shape index (κ1) is 10.6. The number of nitriles is 1. The fourth-order valence-electron chi connectivity index (χ4n) is 2.16. The van der Waals surface area contributed by atoms with E-state index in [0.717, 1.165) is 28.2 Å². The fraction of sp³-hybridized carbons (Fsp3) is 0.143. The average Bonchev–Trinajstić information content (AvgIpc) is 2.93. The van der Waals surface area contributed by atoms with E-state index in [1.807, 2.05) is 36.7 Å². The molecule has 0 bridgehead atoms. The number of furan rings is 1. The maximum atomic E-state index is 9.10. The normalized spacial score (nSPS) is 10.7. The number of benzene rings is 1. The van der Waals surface area contributed by atoms with Crippen molar-refractivity contribution in [1.29, 1.82) is 5.26 Å². The minimum absolute atomic E-state index is 0.593. The Bertz CT molecular complexity index is 774. The van der Waals surface area contributed by atoms with Crippen molar-refractivity contribution in [2.45, 2.75) is 6.92 Å². The Balaban J connectivity index is 2.37. The Hall–Kier alpha value is -2.54. The first-order chi connectivity index (χ1) is 8.72. The van der Waals surface area contributed by atoms with E-state index in [1.165, 1.54) is 0 Å². The van der Waals surface area contributed by atoms with Crippen molar-refractivity contribution >= 4 is 11.0 Å². The van der Waals surface area contributed by atoms with Crippen molar-refractivity contribution in [2.75, 3.05) is 0 Å². The Morgan fingerprint density at radius 3 is 2.83 bits per heavy atom. The van der Waals surface area contributed by atoms with E-state index < -0.39 is 0 Å². The molecule has 2 aromatic heterocycles. The second-order valence-electron chi connectivity index (χ2n) is 4.17. The molecular formula is C14H11N3O. The molecule has 0 fully saturated rings. The van der Waals surface area contributed by atoms with Crippen molar-refractivity contribution in [3.05, 3.63) is 41.9 Å². The minimum Gasteiger partial charge on any atom is -0.469 e. The molecule has 1 aromatic carbocycles. The van der Waals surface area contributed by atoms with Crippen molar-refractivity contribution in [3.8, 4) is 17.5 Å². The van der Waals surface area contributed by atoms with Gasteiger partial charge in [-0.2, -0.15) is 5.26 Å². The summed E-state index contributed by atoms with van der Waals surface area (Å²) in [6, 6.07) is 9.67. The van der Waals surface area contributed by atoms with E-state index >= 15 is 0 Å². The highest BCUT2D eigenvalue weighted by Gasteiger charge is 2.15. The number of nitrogens with zero attached hydrogens (tertiary/aromatic N) is 3. The molecule has 0 N–H and O–H groups in total. The van der Waals surface area contributed by atoms with Gasteiger partial charge in [0.15, 0.2) is 0 Å². The molecule has 0 amide bonds. The zero-order valence-corrected chi connectivity index (χ0v) is 10.1. The van der Waals surface area contributed by atoms with E-state index in [9.17, 15) is 0 Å². The van der Waals surface area contributed by atoms with Crippen LogP contribution in [-0.4, -0.2) is 9.55 Å². The fourth-order valence-corrected chi connectivity index (χ4v) is 2.16. The highest BCUT2D eigenvalue weighted by Crippen LogP contribution is 2.28. The first-order valence-corrected chi connectivity index (χ1v) is 5.62. The lowest BCUT2D eigenvalue weighted by atomic mass is 10.2. The third-order valence-electron chi connectivity index (χ3n) is 3.13. The van der Waals surface area contributed by atoms with Gasteiger partial charge in [-0.3, -0.25) is 0 Å².